The van der Waals surface area contributed by atoms with Gasteiger partial charge in [-0.3, -0.25) is 0 Å². The second-order valence-electron chi connectivity index (χ2n) is 5.79. The van der Waals surface area contributed by atoms with Crippen LogP contribution in [0, 0.1) is 0 Å². The van der Waals surface area contributed by atoms with Gasteiger partial charge in [0.15, 0.2) is 5.96 Å². The number of benzene rings is 1. The molecule has 1 aromatic carbocycles. The minimum absolute atomic E-state index is 0. The fraction of sp³-hybridized carbons (Fsp3) is 0.412. The van der Waals surface area contributed by atoms with Gasteiger partial charge in [-0.2, -0.15) is 0 Å². The zero-order valence-electron chi connectivity index (χ0n) is 13.9. The lowest BCUT2D eigenvalue weighted by atomic mass is 9.85. The highest BCUT2D eigenvalue weighted by atomic mass is 127. The summed E-state index contributed by atoms with van der Waals surface area (Å²) in [6.07, 6.45) is 1.56. The molecule has 0 fully saturated rings. The maximum absolute atomic E-state index is 4.82. The lowest BCUT2D eigenvalue weighted by molar-refractivity contribution is 0.412. The molecule has 0 aliphatic carbocycles. The molecule has 0 radical (unpaired) electrons. The molecular weight excluding hydrogens is 403 g/mol. The molecule has 0 amide bonds. The lowest BCUT2D eigenvalue weighted by Gasteiger charge is -2.26. The monoisotopic (exact) mass is 428 g/mol. The van der Waals surface area contributed by atoms with Crippen molar-refractivity contribution in [2.24, 2.45) is 4.99 Å². The zero-order valence-corrected chi connectivity index (χ0v) is 16.2. The summed E-state index contributed by atoms with van der Waals surface area (Å²) in [5.41, 5.74) is 2.14. The van der Waals surface area contributed by atoms with E-state index in [-0.39, 0.29) is 29.4 Å². The number of guanidine groups is 1. The van der Waals surface area contributed by atoms with Crippen LogP contribution in [0.25, 0.3) is 0 Å². The highest BCUT2D eigenvalue weighted by molar-refractivity contribution is 14.0. The van der Waals surface area contributed by atoms with Gasteiger partial charge in [-0.25, -0.2) is 4.99 Å². The maximum Gasteiger partial charge on any atom is 0.191 e. The molecule has 0 unspecified atom stereocenters. The highest BCUT2D eigenvalue weighted by Crippen LogP contribution is 2.21. The molecule has 0 atom stereocenters. The van der Waals surface area contributed by atoms with Crippen LogP contribution in [0.1, 0.15) is 32.0 Å². The van der Waals surface area contributed by atoms with E-state index in [1.54, 1.807) is 6.26 Å². The van der Waals surface area contributed by atoms with Gasteiger partial charge in [0.2, 0.25) is 0 Å². The number of nitrogens with zero attached hydrogens (tertiary/aromatic N) is 2. The Bertz CT molecular complexity index is 582. The van der Waals surface area contributed by atoms with Crippen LogP contribution in [0.4, 0.5) is 0 Å². The van der Waals surface area contributed by atoms with Gasteiger partial charge >= 0.3 is 0 Å². The first-order valence-electron chi connectivity index (χ1n) is 7.59. The molecular formula is C17H25IN4O. The van der Waals surface area contributed by atoms with Gasteiger partial charge < -0.3 is 15.2 Å². The molecule has 0 spiro atoms. The van der Waals surface area contributed by atoms with Crippen LogP contribution in [0.15, 0.2) is 52.2 Å². The van der Waals surface area contributed by atoms with Crippen LogP contribution < -0.4 is 10.6 Å². The molecule has 1 aromatic heterocycles. The van der Waals surface area contributed by atoms with Gasteiger partial charge in [-0.05, 0) is 12.5 Å². The number of nitrogens with one attached hydrogen (secondary N) is 2. The Morgan fingerprint density at radius 1 is 1.17 bits per heavy atom. The summed E-state index contributed by atoms with van der Waals surface area (Å²) in [4.78, 5) is 4.52. The summed E-state index contributed by atoms with van der Waals surface area (Å²) in [7, 11) is 0. The lowest BCUT2D eigenvalue weighted by Crippen LogP contribution is -2.43. The molecule has 6 heteroatoms. The van der Waals surface area contributed by atoms with Crippen molar-refractivity contribution in [3.05, 3.63) is 53.9 Å². The Kier molecular flexibility index (Phi) is 8.08. The smallest absolute Gasteiger partial charge is 0.191 e. The fourth-order valence-corrected chi connectivity index (χ4v) is 2.12. The SMILES string of the molecule is CCNC(=NCc1ccon1)NCC(C)(C)c1ccccc1.I. The minimum atomic E-state index is 0. The van der Waals surface area contributed by atoms with E-state index in [2.05, 4.69) is 65.8 Å². The number of aliphatic imine (C=N–C) groups is 1. The normalized spacial score (nSPS) is 11.7. The van der Waals surface area contributed by atoms with Crippen LogP contribution in [0.3, 0.4) is 0 Å². The molecule has 2 N–H and O–H groups in total. The summed E-state index contributed by atoms with van der Waals surface area (Å²) in [6, 6.07) is 12.3. The second kappa shape index (κ2) is 9.54. The standard InChI is InChI=1S/C17H24N4O.HI/c1-4-18-16(19-12-15-10-11-22-21-15)20-13-17(2,3)14-8-6-5-7-9-14;/h5-11H,4,12-13H2,1-3H3,(H2,18,19,20);1H. The van der Waals surface area contributed by atoms with Crippen LogP contribution in [-0.2, 0) is 12.0 Å². The molecule has 2 aromatic rings. The summed E-state index contributed by atoms with van der Waals surface area (Å²) in [5, 5.41) is 10.5. The quantitative estimate of drug-likeness (QED) is 0.421. The second-order valence-corrected chi connectivity index (χ2v) is 5.79. The Balaban J connectivity index is 0.00000264. The average Bonchev–Trinajstić information content (AvgIpc) is 3.04. The summed E-state index contributed by atoms with van der Waals surface area (Å²) >= 11 is 0. The van der Waals surface area contributed by atoms with Crippen molar-refractivity contribution in [1.82, 2.24) is 15.8 Å². The van der Waals surface area contributed by atoms with Crippen molar-refractivity contribution in [2.45, 2.75) is 32.7 Å². The third kappa shape index (κ3) is 6.21. The van der Waals surface area contributed by atoms with Crippen molar-refractivity contribution >= 4 is 29.9 Å². The van der Waals surface area contributed by atoms with Gasteiger partial charge in [0.05, 0.1) is 6.54 Å². The largest absolute Gasteiger partial charge is 0.364 e. The number of rotatable bonds is 6. The van der Waals surface area contributed by atoms with Crippen LogP contribution in [0.2, 0.25) is 0 Å². The molecule has 23 heavy (non-hydrogen) atoms. The van der Waals surface area contributed by atoms with Gasteiger partial charge in [0.25, 0.3) is 0 Å². The summed E-state index contributed by atoms with van der Waals surface area (Å²) < 4.78 is 4.82. The molecule has 5 nitrogen and oxygen atoms in total. The minimum Gasteiger partial charge on any atom is -0.364 e. The molecule has 0 aliphatic rings. The topological polar surface area (TPSA) is 62.5 Å². The number of halogens is 1. The molecule has 2 rings (SSSR count). The third-order valence-corrected chi connectivity index (χ3v) is 3.49. The first-order chi connectivity index (χ1) is 10.6. The van der Waals surface area contributed by atoms with Crippen molar-refractivity contribution < 1.29 is 4.52 Å². The van der Waals surface area contributed by atoms with E-state index in [0.717, 1.165) is 24.7 Å². The van der Waals surface area contributed by atoms with Crippen LogP contribution in [-0.4, -0.2) is 24.2 Å². The first kappa shape index (κ1) is 19.5. The van der Waals surface area contributed by atoms with Crippen molar-refractivity contribution in [3.63, 3.8) is 0 Å². The molecule has 1 heterocycles. The van der Waals surface area contributed by atoms with Crippen LogP contribution >= 0.6 is 24.0 Å². The third-order valence-electron chi connectivity index (χ3n) is 3.49. The van der Waals surface area contributed by atoms with Crippen LogP contribution in [0.5, 0.6) is 0 Å². The van der Waals surface area contributed by atoms with Gasteiger partial charge in [0.1, 0.15) is 12.0 Å². The van der Waals surface area contributed by atoms with E-state index < -0.39 is 0 Å². The van der Waals surface area contributed by atoms with Gasteiger partial charge in [-0.15, -0.1) is 24.0 Å². The van der Waals surface area contributed by atoms with Crippen molar-refractivity contribution in [3.8, 4) is 0 Å². The van der Waals surface area contributed by atoms with E-state index in [4.69, 9.17) is 4.52 Å². The Labute approximate surface area is 155 Å². The number of hydrogen-bond donors (Lipinski definition) is 2. The molecule has 0 aliphatic heterocycles. The Morgan fingerprint density at radius 2 is 1.91 bits per heavy atom. The highest BCUT2D eigenvalue weighted by Gasteiger charge is 2.20. The zero-order chi connectivity index (χ0) is 15.8. The molecule has 126 valence electrons. The fourth-order valence-electron chi connectivity index (χ4n) is 2.12. The molecule has 0 bridgehead atoms. The summed E-state index contributed by atoms with van der Waals surface area (Å²) in [5.74, 6) is 0.787. The predicted molar refractivity (Wildman–Crippen MR) is 104 cm³/mol. The van der Waals surface area contributed by atoms with E-state index in [9.17, 15) is 0 Å². The van der Waals surface area contributed by atoms with E-state index >= 15 is 0 Å². The molecule has 0 saturated carbocycles. The van der Waals surface area contributed by atoms with Crippen molar-refractivity contribution in [1.29, 1.82) is 0 Å². The van der Waals surface area contributed by atoms with E-state index in [1.807, 2.05) is 12.1 Å². The van der Waals surface area contributed by atoms with Gasteiger partial charge in [-0.1, -0.05) is 49.3 Å². The Morgan fingerprint density at radius 3 is 2.52 bits per heavy atom. The number of hydrogen-bond acceptors (Lipinski definition) is 3. The first-order valence-corrected chi connectivity index (χ1v) is 7.59. The number of aromatic nitrogens is 1. The van der Waals surface area contributed by atoms with E-state index in [0.29, 0.717) is 6.54 Å². The molecule has 0 saturated heterocycles. The van der Waals surface area contributed by atoms with Gasteiger partial charge in [0, 0.05) is 24.6 Å². The summed E-state index contributed by atoms with van der Waals surface area (Å²) in [6.45, 7) is 8.60. The Hall–Kier alpha value is -1.57. The van der Waals surface area contributed by atoms with E-state index in [1.165, 1.54) is 5.56 Å². The van der Waals surface area contributed by atoms with Crippen molar-refractivity contribution in [2.75, 3.05) is 13.1 Å². The predicted octanol–water partition coefficient (Wildman–Crippen LogP) is 3.33. The maximum atomic E-state index is 4.82. The average molecular weight is 428 g/mol.